The number of amides is 2. The summed E-state index contributed by atoms with van der Waals surface area (Å²) in [4.78, 5) is 31.1. The second-order valence-corrected chi connectivity index (χ2v) is 17.6. The van der Waals surface area contributed by atoms with Crippen LogP contribution in [0.25, 0.3) is 11.1 Å². The molecule has 3 aromatic rings. The van der Waals surface area contributed by atoms with E-state index in [0.717, 1.165) is 48.1 Å². The Morgan fingerprint density at radius 1 is 1.10 bits per heavy atom. The zero-order valence-electron chi connectivity index (χ0n) is 25.6. The molecule has 0 bridgehead atoms. The average molecular weight is 576 g/mol. The molecule has 1 aliphatic carbocycles. The van der Waals surface area contributed by atoms with Gasteiger partial charge in [0.15, 0.2) is 8.32 Å². The molecule has 1 aromatic carbocycles. The number of pyridine rings is 1. The van der Waals surface area contributed by atoms with E-state index in [4.69, 9.17) is 4.43 Å². The highest BCUT2D eigenvalue weighted by atomic mass is 28.4. The van der Waals surface area contributed by atoms with E-state index >= 15 is 0 Å². The van der Waals surface area contributed by atoms with Crippen LogP contribution in [0.3, 0.4) is 0 Å². The minimum absolute atomic E-state index is 0.102. The third-order valence-electron chi connectivity index (χ3n) is 8.76. The molecule has 8 nitrogen and oxygen atoms in total. The maximum atomic E-state index is 13.5. The van der Waals surface area contributed by atoms with Crippen LogP contribution in [0, 0.1) is 12.8 Å². The third kappa shape index (κ3) is 7.51. The fourth-order valence-corrected chi connectivity index (χ4v) is 6.02. The van der Waals surface area contributed by atoms with Gasteiger partial charge in [-0.2, -0.15) is 5.10 Å². The largest absolute Gasteiger partial charge is 0.413 e. The molecule has 2 heterocycles. The zero-order valence-corrected chi connectivity index (χ0v) is 26.6. The molecule has 1 saturated carbocycles. The second kappa shape index (κ2) is 12.7. The first-order chi connectivity index (χ1) is 19.4. The van der Waals surface area contributed by atoms with Gasteiger partial charge in [0, 0.05) is 36.4 Å². The van der Waals surface area contributed by atoms with E-state index in [9.17, 15) is 9.59 Å². The Labute approximate surface area is 245 Å². The van der Waals surface area contributed by atoms with Crippen LogP contribution >= 0.6 is 0 Å². The molecule has 0 unspecified atom stereocenters. The van der Waals surface area contributed by atoms with Crippen LogP contribution in [0.15, 0.2) is 48.8 Å². The van der Waals surface area contributed by atoms with Gasteiger partial charge in [-0.25, -0.2) is 0 Å². The summed E-state index contributed by atoms with van der Waals surface area (Å²) < 4.78 is 7.94. The Hall–Kier alpha value is -3.30. The number of carbonyl (C=O) groups excluding carboxylic acids is 2. The molecule has 0 saturated heterocycles. The Morgan fingerprint density at radius 3 is 2.39 bits per heavy atom. The van der Waals surface area contributed by atoms with Gasteiger partial charge in [0.2, 0.25) is 5.91 Å². The molecule has 9 heteroatoms. The van der Waals surface area contributed by atoms with Crippen molar-refractivity contribution in [2.45, 2.75) is 90.6 Å². The standard InChI is InChI=1S/C32H45N5O3Si/c1-22-27(19-23(20-33-22)21-40-41(6,7)32(2,3)4)24-13-15-26(16-14-24)35-31(39)29(25-11-9-8-10-12-25)36-30(38)28-17-18-34-37(28)5/h13-20,25,29H,8-12,21H2,1-7H3,(H,35,39)(H,36,38)/t29-/m0/s1. The molecule has 0 aliphatic heterocycles. The lowest BCUT2D eigenvalue weighted by molar-refractivity contribution is -0.119. The summed E-state index contributed by atoms with van der Waals surface area (Å²) in [7, 11) is -0.148. The molecule has 1 fully saturated rings. The van der Waals surface area contributed by atoms with Crippen molar-refractivity contribution in [2.24, 2.45) is 13.0 Å². The molecule has 0 spiro atoms. The maximum absolute atomic E-state index is 13.5. The molecule has 0 radical (unpaired) electrons. The molecule has 2 aromatic heterocycles. The van der Waals surface area contributed by atoms with Crippen LogP contribution in [0.5, 0.6) is 0 Å². The minimum Gasteiger partial charge on any atom is -0.413 e. The number of hydrogen-bond donors (Lipinski definition) is 2. The van der Waals surface area contributed by atoms with E-state index in [-0.39, 0.29) is 22.8 Å². The van der Waals surface area contributed by atoms with Gasteiger partial charge >= 0.3 is 0 Å². The van der Waals surface area contributed by atoms with Crippen molar-refractivity contribution in [1.82, 2.24) is 20.1 Å². The second-order valence-electron chi connectivity index (χ2n) is 12.8. The van der Waals surface area contributed by atoms with Crippen molar-refractivity contribution in [2.75, 3.05) is 5.32 Å². The Morgan fingerprint density at radius 2 is 1.78 bits per heavy atom. The summed E-state index contributed by atoms with van der Waals surface area (Å²) in [5.41, 5.74) is 5.18. The zero-order chi connectivity index (χ0) is 29.8. The maximum Gasteiger partial charge on any atom is 0.270 e. The van der Waals surface area contributed by atoms with Gasteiger partial charge in [-0.1, -0.05) is 52.2 Å². The Bertz CT molecular complexity index is 1350. The fraction of sp³-hybridized carbons (Fsp3) is 0.500. The molecule has 2 amide bonds. The van der Waals surface area contributed by atoms with Crippen molar-refractivity contribution in [3.63, 3.8) is 0 Å². The first-order valence-electron chi connectivity index (χ1n) is 14.7. The summed E-state index contributed by atoms with van der Waals surface area (Å²) in [6.07, 6.45) is 8.62. The molecule has 2 N–H and O–H groups in total. The van der Waals surface area contributed by atoms with Gasteiger partial charge < -0.3 is 15.1 Å². The van der Waals surface area contributed by atoms with Gasteiger partial charge in [-0.3, -0.25) is 19.3 Å². The number of benzene rings is 1. The fourth-order valence-electron chi connectivity index (χ4n) is 5.06. The molecular formula is C32H45N5O3Si. The van der Waals surface area contributed by atoms with Crippen LogP contribution in [-0.2, 0) is 22.9 Å². The van der Waals surface area contributed by atoms with Gasteiger partial charge in [0.25, 0.3) is 5.91 Å². The number of aromatic nitrogens is 3. The highest BCUT2D eigenvalue weighted by Crippen LogP contribution is 2.37. The number of hydrogen-bond acceptors (Lipinski definition) is 5. The summed E-state index contributed by atoms with van der Waals surface area (Å²) in [6, 6.07) is 11.0. The van der Waals surface area contributed by atoms with Crippen molar-refractivity contribution in [1.29, 1.82) is 0 Å². The normalized spacial score (nSPS) is 15.4. The predicted molar refractivity (Wildman–Crippen MR) is 166 cm³/mol. The van der Waals surface area contributed by atoms with E-state index in [1.807, 2.05) is 37.4 Å². The van der Waals surface area contributed by atoms with Crippen LogP contribution < -0.4 is 10.6 Å². The molecule has 41 heavy (non-hydrogen) atoms. The van der Waals surface area contributed by atoms with Crippen LogP contribution in [0.2, 0.25) is 18.1 Å². The van der Waals surface area contributed by atoms with Crippen molar-refractivity contribution in [3.8, 4) is 11.1 Å². The SMILES string of the molecule is Cc1ncc(CO[Si](C)(C)C(C)(C)C)cc1-c1ccc(NC(=O)[C@@H](NC(=O)c2ccnn2C)C2CCCCC2)cc1. The topological polar surface area (TPSA) is 98.1 Å². The number of nitrogens with one attached hydrogen (secondary N) is 2. The lowest BCUT2D eigenvalue weighted by atomic mass is 9.83. The molecule has 1 atom stereocenters. The van der Waals surface area contributed by atoms with Gasteiger partial charge in [-0.15, -0.1) is 0 Å². The first kappa shape index (κ1) is 30.7. The molecular weight excluding hydrogens is 530 g/mol. The highest BCUT2D eigenvalue weighted by Gasteiger charge is 2.37. The molecule has 4 rings (SSSR count). The lowest BCUT2D eigenvalue weighted by Crippen LogP contribution is -2.49. The van der Waals surface area contributed by atoms with E-state index in [0.29, 0.717) is 18.0 Å². The monoisotopic (exact) mass is 575 g/mol. The summed E-state index contributed by atoms with van der Waals surface area (Å²) >= 11 is 0. The number of anilines is 1. The third-order valence-corrected chi connectivity index (χ3v) is 13.2. The number of nitrogens with zero attached hydrogens (tertiary/aromatic N) is 3. The van der Waals surface area contributed by atoms with Gasteiger partial charge in [0.05, 0.1) is 6.61 Å². The van der Waals surface area contributed by atoms with Crippen molar-refractivity contribution in [3.05, 3.63) is 65.7 Å². The predicted octanol–water partition coefficient (Wildman–Crippen LogP) is 6.63. The van der Waals surface area contributed by atoms with E-state index in [1.54, 1.807) is 19.3 Å². The van der Waals surface area contributed by atoms with E-state index in [1.165, 1.54) is 11.1 Å². The first-order valence-corrected chi connectivity index (χ1v) is 17.6. The van der Waals surface area contributed by atoms with Gasteiger partial charge in [-0.05, 0) is 79.2 Å². The van der Waals surface area contributed by atoms with E-state index < -0.39 is 14.4 Å². The quantitative estimate of drug-likeness (QED) is 0.279. The summed E-state index contributed by atoms with van der Waals surface area (Å²) in [5, 5.41) is 10.3. The van der Waals surface area contributed by atoms with Crippen LogP contribution in [-0.4, -0.2) is 40.9 Å². The Balaban J connectivity index is 1.47. The Kier molecular flexibility index (Phi) is 9.49. The summed E-state index contributed by atoms with van der Waals surface area (Å²) in [5.74, 6) is -0.376. The minimum atomic E-state index is -1.87. The molecule has 1 aliphatic rings. The lowest BCUT2D eigenvalue weighted by Gasteiger charge is -2.36. The average Bonchev–Trinajstić information content (AvgIpc) is 3.37. The van der Waals surface area contributed by atoms with Crippen LogP contribution in [0.1, 0.15) is 74.6 Å². The highest BCUT2D eigenvalue weighted by molar-refractivity contribution is 6.74. The molecule has 220 valence electrons. The summed E-state index contributed by atoms with van der Waals surface area (Å²) in [6.45, 7) is 13.8. The van der Waals surface area contributed by atoms with Crippen molar-refractivity contribution < 1.29 is 14.0 Å². The van der Waals surface area contributed by atoms with Gasteiger partial charge in [0.1, 0.15) is 11.7 Å². The number of carbonyl (C=O) groups is 2. The number of rotatable bonds is 9. The van der Waals surface area contributed by atoms with Crippen LogP contribution in [0.4, 0.5) is 5.69 Å². The smallest absolute Gasteiger partial charge is 0.270 e. The van der Waals surface area contributed by atoms with Crippen molar-refractivity contribution >= 4 is 25.8 Å². The van der Waals surface area contributed by atoms with E-state index in [2.05, 4.69) is 60.6 Å². The number of aryl methyl sites for hydroxylation is 2.